The van der Waals surface area contributed by atoms with Crippen LogP contribution in [-0.2, 0) is 4.79 Å². The summed E-state index contributed by atoms with van der Waals surface area (Å²) in [5.74, 6) is 1.47. The molecule has 5 nitrogen and oxygen atoms in total. The summed E-state index contributed by atoms with van der Waals surface area (Å²) >= 11 is 0. The van der Waals surface area contributed by atoms with E-state index < -0.39 is 0 Å². The zero-order valence-corrected chi connectivity index (χ0v) is 14.5. The van der Waals surface area contributed by atoms with Gasteiger partial charge in [-0.2, -0.15) is 0 Å². The van der Waals surface area contributed by atoms with E-state index in [2.05, 4.69) is 10.6 Å². The van der Waals surface area contributed by atoms with Gasteiger partial charge in [-0.3, -0.25) is 9.59 Å². The second-order valence-electron chi connectivity index (χ2n) is 6.39. The highest BCUT2D eigenvalue weighted by Crippen LogP contribution is 2.14. The molecule has 1 aliphatic rings. The van der Waals surface area contributed by atoms with Crippen molar-refractivity contribution in [2.24, 2.45) is 5.92 Å². The lowest BCUT2D eigenvalue weighted by Crippen LogP contribution is -2.33. The van der Waals surface area contributed by atoms with E-state index in [0.29, 0.717) is 36.7 Å². The highest BCUT2D eigenvalue weighted by atomic mass is 16.5. The molecular weight excluding hydrogens is 304 g/mol. The van der Waals surface area contributed by atoms with E-state index >= 15 is 0 Å². The van der Waals surface area contributed by atoms with Crippen LogP contribution in [0.25, 0.3) is 0 Å². The number of nitrogens with one attached hydrogen (secondary N) is 2. The van der Waals surface area contributed by atoms with Crippen molar-refractivity contribution in [1.29, 1.82) is 0 Å². The van der Waals surface area contributed by atoms with E-state index in [1.807, 2.05) is 6.07 Å². The van der Waals surface area contributed by atoms with Gasteiger partial charge in [0.25, 0.3) is 0 Å². The molecule has 0 bridgehead atoms. The van der Waals surface area contributed by atoms with Gasteiger partial charge < -0.3 is 15.4 Å². The molecule has 0 radical (unpaired) electrons. The number of piperidine rings is 1. The van der Waals surface area contributed by atoms with E-state index in [9.17, 15) is 9.59 Å². The number of ketones is 1. The van der Waals surface area contributed by atoms with Crippen molar-refractivity contribution in [3.05, 3.63) is 29.8 Å². The minimum Gasteiger partial charge on any atom is -0.494 e. The molecular formula is C19H28N2O3. The van der Waals surface area contributed by atoms with E-state index in [1.54, 1.807) is 18.2 Å². The molecule has 0 aromatic heterocycles. The Kier molecular flexibility index (Phi) is 7.75. The number of amides is 1. The third-order valence-corrected chi connectivity index (χ3v) is 4.33. The average molecular weight is 332 g/mol. The Balaban J connectivity index is 1.55. The van der Waals surface area contributed by atoms with Gasteiger partial charge in [0.2, 0.25) is 5.91 Å². The number of hydrogen-bond acceptors (Lipinski definition) is 4. The van der Waals surface area contributed by atoms with Crippen molar-refractivity contribution in [3.8, 4) is 5.75 Å². The van der Waals surface area contributed by atoms with Gasteiger partial charge in [-0.05, 0) is 63.7 Å². The second-order valence-corrected chi connectivity index (χ2v) is 6.39. The van der Waals surface area contributed by atoms with E-state index in [1.165, 1.54) is 19.8 Å². The number of rotatable bonds is 9. The van der Waals surface area contributed by atoms with E-state index in [0.717, 1.165) is 26.1 Å². The largest absolute Gasteiger partial charge is 0.494 e. The van der Waals surface area contributed by atoms with Gasteiger partial charge in [-0.15, -0.1) is 0 Å². The van der Waals surface area contributed by atoms with Crippen molar-refractivity contribution >= 4 is 11.7 Å². The SMILES string of the molecule is CC(=O)c1cccc(OCCCC(=O)NCCC2CCCNC2)c1. The molecule has 1 fully saturated rings. The zero-order chi connectivity index (χ0) is 17.2. The summed E-state index contributed by atoms with van der Waals surface area (Å²) in [5, 5.41) is 6.38. The molecule has 1 atom stereocenters. The highest BCUT2D eigenvalue weighted by Gasteiger charge is 2.12. The summed E-state index contributed by atoms with van der Waals surface area (Å²) < 4.78 is 5.61. The third kappa shape index (κ3) is 6.71. The van der Waals surface area contributed by atoms with Crippen LogP contribution in [0.4, 0.5) is 0 Å². The molecule has 1 aromatic carbocycles. The minimum absolute atomic E-state index is 0.0213. The Hall–Kier alpha value is -1.88. The molecule has 2 N–H and O–H groups in total. The predicted molar refractivity (Wildman–Crippen MR) is 94.4 cm³/mol. The zero-order valence-electron chi connectivity index (χ0n) is 14.5. The third-order valence-electron chi connectivity index (χ3n) is 4.33. The van der Waals surface area contributed by atoms with Gasteiger partial charge in [0.1, 0.15) is 5.75 Å². The van der Waals surface area contributed by atoms with Gasteiger partial charge in [0, 0.05) is 18.5 Å². The first-order chi connectivity index (χ1) is 11.6. The summed E-state index contributed by atoms with van der Waals surface area (Å²) in [4.78, 5) is 23.1. The quantitative estimate of drug-likeness (QED) is 0.539. The standard InChI is InChI=1S/C19H28N2O3/c1-15(22)17-6-2-7-18(13-17)24-12-4-8-19(23)21-11-9-16-5-3-10-20-14-16/h2,6-7,13,16,20H,3-5,8-12,14H2,1H3,(H,21,23). The number of hydrogen-bond donors (Lipinski definition) is 2. The van der Waals surface area contributed by atoms with Crippen LogP contribution in [0.2, 0.25) is 0 Å². The number of benzene rings is 1. The Morgan fingerprint density at radius 3 is 3.00 bits per heavy atom. The van der Waals surface area contributed by atoms with Crippen molar-refractivity contribution in [3.63, 3.8) is 0 Å². The van der Waals surface area contributed by atoms with Gasteiger partial charge >= 0.3 is 0 Å². The molecule has 5 heteroatoms. The van der Waals surface area contributed by atoms with Crippen LogP contribution in [0, 0.1) is 5.92 Å². The summed E-state index contributed by atoms with van der Waals surface area (Å²) in [6, 6.07) is 7.13. The first kappa shape index (κ1) is 18.5. The summed E-state index contributed by atoms with van der Waals surface area (Å²) in [6.07, 6.45) is 4.68. The Morgan fingerprint density at radius 1 is 1.38 bits per heavy atom. The number of Topliss-reactive ketones (excluding diaryl/α,β-unsaturated/α-hetero) is 1. The van der Waals surface area contributed by atoms with Crippen LogP contribution < -0.4 is 15.4 Å². The van der Waals surface area contributed by atoms with Crippen LogP contribution in [-0.4, -0.2) is 37.9 Å². The molecule has 24 heavy (non-hydrogen) atoms. The minimum atomic E-state index is 0.0213. The molecule has 1 amide bonds. The summed E-state index contributed by atoms with van der Waals surface area (Å²) in [7, 11) is 0. The fraction of sp³-hybridized carbons (Fsp3) is 0.579. The maximum Gasteiger partial charge on any atom is 0.220 e. The lowest BCUT2D eigenvalue weighted by atomic mass is 9.96. The monoisotopic (exact) mass is 332 g/mol. The molecule has 2 rings (SSSR count). The normalized spacial score (nSPS) is 17.3. The molecule has 0 spiro atoms. The van der Waals surface area contributed by atoms with Crippen LogP contribution in [0.1, 0.15) is 49.4 Å². The molecule has 1 unspecified atom stereocenters. The van der Waals surface area contributed by atoms with E-state index in [-0.39, 0.29) is 11.7 Å². The predicted octanol–water partition coefficient (Wildman–Crippen LogP) is 2.55. The highest BCUT2D eigenvalue weighted by molar-refractivity contribution is 5.94. The molecule has 132 valence electrons. The van der Waals surface area contributed by atoms with Crippen LogP contribution in [0.3, 0.4) is 0 Å². The smallest absolute Gasteiger partial charge is 0.220 e. The Bertz CT molecular complexity index is 539. The summed E-state index contributed by atoms with van der Waals surface area (Å²) in [5.41, 5.74) is 0.641. The van der Waals surface area contributed by atoms with Crippen molar-refractivity contribution in [2.75, 3.05) is 26.2 Å². The average Bonchev–Trinajstić information content (AvgIpc) is 2.60. The van der Waals surface area contributed by atoms with Crippen molar-refractivity contribution < 1.29 is 14.3 Å². The molecule has 1 saturated heterocycles. The molecule has 0 aliphatic carbocycles. The van der Waals surface area contributed by atoms with Crippen LogP contribution >= 0.6 is 0 Å². The number of carbonyl (C=O) groups is 2. The van der Waals surface area contributed by atoms with Crippen LogP contribution in [0.5, 0.6) is 5.75 Å². The van der Waals surface area contributed by atoms with E-state index in [4.69, 9.17) is 4.74 Å². The van der Waals surface area contributed by atoms with Gasteiger partial charge in [-0.1, -0.05) is 12.1 Å². The summed E-state index contributed by atoms with van der Waals surface area (Å²) in [6.45, 7) is 4.96. The first-order valence-electron chi connectivity index (χ1n) is 8.86. The molecule has 1 aliphatic heterocycles. The van der Waals surface area contributed by atoms with Crippen molar-refractivity contribution in [1.82, 2.24) is 10.6 Å². The fourth-order valence-corrected chi connectivity index (χ4v) is 2.90. The van der Waals surface area contributed by atoms with Crippen molar-refractivity contribution in [2.45, 2.75) is 39.0 Å². The lowest BCUT2D eigenvalue weighted by Gasteiger charge is -2.22. The molecule has 1 heterocycles. The number of carbonyl (C=O) groups excluding carboxylic acids is 2. The van der Waals surface area contributed by atoms with Gasteiger partial charge in [0.05, 0.1) is 6.61 Å². The fourth-order valence-electron chi connectivity index (χ4n) is 2.90. The Labute approximate surface area is 144 Å². The topological polar surface area (TPSA) is 67.4 Å². The Morgan fingerprint density at radius 2 is 2.25 bits per heavy atom. The van der Waals surface area contributed by atoms with Gasteiger partial charge in [-0.25, -0.2) is 0 Å². The molecule has 1 aromatic rings. The first-order valence-corrected chi connectivity index (χ1v) is 8.86. The maximum atomic E-state index is 11.8. The second kappa shape index (κ2) is 10.1. The lowest BCUT2D eigenvalue weighted by molar-refractivity contribution is -0.121. The molecule has 0 saturated carbocycles. The van der Waals surface area contributed by atoms with Gasteiger partial charge in [0.15, 0.2) is 5.78 Å². The van der Waals surface area contributed by atoms with Crippen LogP contribution in [0.15, 0.2) is 24.3 Å². The number of ether oxygens (including phenoxy) is 1. The maximum absolute atomic E-state index is 11.8.